The van der Waals surface area contributed by atoms with Crippen LogP contribution in [0.1, 0.15) is 10.4 Å². The van der Waals surface area contributed by atoms with Crippen LogP contribution in [0.25, 0.3) is 0 Å². The molecule has 0 aliphatic rings. The molecule has 0 atom stereocenters. The first kappa shape index (κ1) is 10.9. The average molecular weight is 189 g/mol. The summed E-state index contributed by atoms with van der Waals surface area (Å²) in [4.78, 5) is 13.7. The largest absolute Gasteiger partial charge is 0.299 e. The van der Waals surface area contributed by atoms with Crippen molar-refractivity contribution in [3.8, 4) is 0 Å². The first-order valence-corrected chi connectivity index (χ1v) is 3.88. The number of carbonyl (C=O) groups is 1. The molecule has 0 bridgehead atoms. The van der Waals surface area contributed by atoms with Gasteiger partial charge in [0.2, 0.25) is 0 Å². The second-order valence-corrected chi connectivity index (χ2v) is 2.09. The molecule has 2 N–H and O–H groups in total. The van der Waals surface area contributed by atoms with Gasteiger partial charge in [0.1, 0.15) is 6.29 Å². The molecule has 0 saturated carbocycles. The second kappa shape index (κ2) is 6.59. The zero-order valence-corrected chi connectivity index (χ0v) is 6.77. The van der Waals surface area contributed by atoms with Crippen LogP contribution in [0, 0.1) is 0 Å². The monoisotopic (exact) mass is 189 g/mol. The molecular weight excluding hydrogens is 182 g/mol. The molecular formula is C6H7NO4S. The molecule has 0 spiro atoms. The number of rotatable bonds is 1. The maximum Gasteiger partial charge on any atom is 0.299 e. The van der Waals surface area contributed by atoms with E-state index in [1.165, 1.54) is 0 Å². The molecule has 1 aromatic rings. The lowest BCUT2D eigenvalue weighted by atomic mass is 10.3. The summed E-state index contributed by atoms with van der Waals surface area (Å²) in [5, 5.41) is 0. The number of carbonyl (C=O) groups excluding carboxylic acids is 1. The third-order valence-electron chi connectivity index (χ3n) is 0.842. The molecule has 1 aromatic heterocycles. The van der Waals surface area contributed by atoms with Gasteiger partial charge in [-0.25, -0.2) is 0 Å². The summed E-state index contributed by atoms with van der Waals surface area (Å²) in [5.74, 6) is 0. The number of pyridine rings is 1. The Morgan fingerprint density at radius 1 is 1.33 bits per heavy atom. The fourth-order valence-corrected chi connectivity index (χ4v) is 0.442. The van der Waals surface area contributed by atoms with Gasteiger partial charge < -0.3 is 0 Å². The van der Waals surface area contributed by atoms with Gasteiger partial charge in [0, 0.05) is 18.0 Å². The predicted octanol–water partition coefficient (Wildman–Crippen LogP) is 0.575. The normalized spacial score (nSPS) is 8.58. The van der Waals surface area contributed by atoms with Crippen LogP contribution in [0.15, 0.2) is 24.5 Å². The Hall–Kier alpha value is -1.11. The van der Waals surface area contributed by atoms with Crippen molar-refractivity contribution < 1.29 is 18.1 Å². The maximum atomic E-state index is 9.98. The Bertz CT molecular complexity index is 247. The smallest absolute Gasteiger partial charge is 0.298 e. The molecule has 0 aliphatic carbocycles. The lowest BCUT2D eigenvalue weighted by molar-refractivity contribution is 0.112. The molecule has 0 aliphatic heterocycles. The summed E-state index contributed by atoms with van der Waals surface area (Å²) in [7, 11) is 0. The van der Waals surface area contributed by atoms with Crippen molar-refractivity contribution in [2.45, 2.75) is 0 Å². The van der Waals surface area contributed by atoms with E-state index in [9.17, 15) is 4.79 Å². The Morgan fingerprint density at radius 3 is 2.00 bits per heavy atom. The lowest BCUT2D eigenvalue weighted by Gasteiger charge is -1.81. The highest BCUT2D eigenvalue weighted by Gasteiger charge is 1.80. The van der Waals surface area contributed by atoms with E-state index < -0.39 is 11.4 Å². The average Bonchev–Trinajstić information content (AvgIpc) is 2.05. The number of nitrogens with zero attached hydrogens (tertiary/aromatic N) is 1. The first-order valence-electron chi connectivity index (χ1n) is 2.82. The molecule has 1 rings (SSSR count). The van der Waals surface area contributed by atoms with Crippen LogP contribution in [0.2, 0.25) is 0 Å². The zero-order chi connectivity index (χ0) is 9.40. The van der Waals surface area contributed by atoms with E-state index in [1.807, 2.05) is 0 Å². The standard InChI is InChI=1S/C6H5NO.H2O3S/c8-5-6-1-3-7-4-2-6;1-4(2)3/h1-5H;(H2,1,2,3). The van der Waals surface area contributed by atoms with Crippen molar-refractivity contribution in [1.82, 2.24) is 4.98 Å². The SMILES string of the molecule is O=Cc1ccncc1.O=S(O)O. The van der Waals surface area contributed by atoms with Crippen LogP contribution in [0.5, 0.6) is 0 Å². The highest BCUT2D eigenvalue weighted by atomic mass is 32.2. The zero-order valence-electron chi connectivity index (χ0n) is 5.95. The van der Waals surface area contributed by atoms with Gasteiger partial charge in [-0.3, -0.25) is 18.9 Å². The maximum absolute atomic E-state index is 9.98. The Morgan fingerprint density at radius 2 is 1.75 bits per heavy atom. The summed E-state index contributed by atoms with van der Waals surface area (Å²) in [6.45, 7) is 0. The number of aldehydes is 1. The molecule has 0 amide bonds. The fourth-order valence-electron chi connectivity index (χ4n) is 0.442. The predicted molar refractivity (Wildman–Crippen MR) is 43.0 cm³/mol. The molecule has 1 heterocycles. The van der Waals surface area contributed by atoms with Crippen molar-refractivity contribution in [3.05, 3.63) is 30.1 Å². The van der Waals surface area contributed by atoms with Gasteiger partial charge in [-0.1, -0.05) is 0 Å². The minimum atomic E-state index is -2.61. The van der Waals surface area contributed by atoms with E-state index in [4.69, 9.17) is 13.3 Å². The number of hydrogen-bond donors (Lipinski definition) is 2. The van der Waals surface area contributed by atoms with Crippen LogP contribution in [0.4, 0.5) is 0 Å². The highest BCUT2D eigenvalue weighted by Crippen LogP contribution is 1.88. The third kappa shape index (κ3) is 7.00. The molecule has 66 valence electrons. The van der Waals surface area contributed by atoms with Crippen molar-refractivity contribution in [2.24, 2.45) is 0 Å². The van der Waals surface area contributed by atoms with Crippen LogP contribution < -0.4 is 0 Å². The fraction of sp³-hybridized carbons (Fsp3) is 0. The summed E-state index contributed by atoms with van der Waals surface area (Å²) in [6, 6.07) is 3.32. The van der Waals surface area contributed by atoms with Gasteiger partial charge in [0.15, 0.2) is 0 Å². The van der Waals surface area contributed by atoms with Crippen molar-refractivity contribution in [2.75, 3.05) is 0 Å². The van der Waals surface area contributed by atoms with E-state index in [1.54, 1.807) is 24.5 Å². The molecule has 0 fully saturated rings. The molecule has 6 heteroatoms. The second-order valence-electron chi connectivity index (χ2n) is 1.63. The van der Waals surface area contributed by atoms with Crippen LogP contribution in [-0.4, -0.2) is 24.6 Å². The van der Waals surface area contributed by atoms with Gasteiger partial charge in [-0.05, 0) is 12.1 Å². The summed E-state index contributed by atoms with van der Waals surface area (Å²) >= 11 is -2.61. The summed E-state index contributed by atoms with van der Waals surface area (Å²) in [5.41, 5.74) is 0.667. The van der Waals surface area contributed by atoms with E-state index in [2.05, 4.69) is 4.98 Å². The van der Waals surface area contributed by atoms with E-state index in [0.717, 1.165) is 6.29 Å². The van der Waals surface area contributed by atoms with E-state index in [0.29, 0.717) is 5.56 Å². The van der Waals surface area contributed by atoms with Gasteiger partial charge in [-0.2, -0.15) is 4.21 Å². The molecule has 5 nitrogen and oxygen atoms in total. The Kier molecular flexibility index (Phi) is 5.98. The minimum Gasteiger partial charge on any atom is -0.298 e. The number of hydrogen-bond acceptors (Lipinski definition) is 3. The highest BCUT2D eigenvalue weighted by molar-refractivity contribution is 7.73. The van der Waals surface area contributed by atoms with E-state index in [-0.39, 0.29) is 0 Å². The van der Waals surface area contributed by atoms with Crippen molar-refractivity contribution in [1.29, 1.82) is 0 Å². The van der Waals surface area contributed by atoms with Crippen LogP contribution in [0.3, 0.4) is 0 Å². The van der Waals surface area contributed by atoms with Gasteiger partial charge in [-0.15, -0.1) is 0 Å². The number of aromatic nitrogens is 1. The topological polar surface area (TPSA) is 87.5 Å². The lowest BCUT2D eigenvalue weighted by Crippen LogP contribution is -1.76. The third-order valence-corrected chi connectivity index (χ3v) is 0.842. The van der Waals surface area contributed by atoms with E-state index >= 15 is 0 Å². The summed E-state index contributed by atoms with van der Waals surface area (Å²) in [6.07, 6.45) is 3.97. The minimum absolute atomic E-state index is 0.667. The van der Waals surface area contributed by atoms with Crippen molar-refractivity contribution in [3.63, 3.8) is 0 Å². The van der Waals surface area contributed by atoms with Gasteiger partial charge >= 0.3 is 0 Å². The molecule has 0 aromatic carbocycles. The molecule has 0 saturated heterocycles. The summed E-state index contributed by atoms with van der Waals surface area (Å²) < 4.78 is 22.8. The molecule has 0 unspecified atom stereocenters. The van der Waals surface area contributed by atoms with Crippen LogP contribution >= 0.6 is 0 Å². The van der Waals surface area contributed by atoms with Crippen molar-refractivity contribution >= 4 is 17.6 Å². The first-order chi connectivity index (χ1) is 5.66. The Balaban J connectivity index is 0.000000261. The van der Waals surface area contributed by atoms with Crippen LogP contribution in [-0.2, 0) is 11.4 Å². The van der Waals surface area contributed by atoms with Gasteiger partial charge in [0.25, 0.3) is 11.4 Å². The molecule has 12 heavy (non-hydrogen) atoms. The van der Waals surface area contributed by atoms with Gasteiger partial charge in [0.05, 0.1) is 0 Å². The quantitative estimate of drug-likeness (QED) is 0.498. The Labute approximate surface area is 71.6 Å². The molecule has 0 radical (unpaired) electrons.